The molecule has 0 saturated carbocycles. The van der Waals surface area contributed by atoms with Crippen molar-refractivity contribution in [1.82, 2.24) is 25.2 Å². The van der Waals surface area contributed by atoms with E-state index in [-0.39, 0.29) is 5.60 Å². The second-order valence-corrected chi connectivity index (χ2v) is 7.48. The third kappa shape index (κ3) is 5.41. The van der Waals surface area contributed by atoms with Crippen LogP contribution in [0.1, 0.15) is 26.3 Å². The largest absolute Gasteiger partial charge is 0.462 e. The number of nitrogens with two attached hydrogens (primary N) is 1. The number of ether oxygens (including phenoxy) is 1. The van der Waals surface area contributed by atoms with Crippen molar-refractivity contribution in [1.29, 1.82) is 0 Å². The van der Waals surface area contributed by atoms with Crippen molar-refractivity contribution >= 4 is 23.2 Å². The van der Waals surface area contributed by atoms with E-state index in [1.807, 2.05) is 68.0 Å². The number of H-pyrrole nitrogens is 1. The Kier molecular flexibility index (Phi) is 5.92. The second kappa shape index (κ2) is 8.55. The van der Waals surface area contributed by atoms with E-state index in [1.165, 1.54) is 5.56 Å². The van der Waals surface area contributed by atoms with Gasteiger partial charge in [-0.15, -0.1) is 5.10 Å². The van der Waals surface area contributed by atoms with Gasteiger partial charge in [-0.25, -0.2) is 4.68 Å². The lowest BCUT2D eigenvalue weighted by Crippen LogP contribution is -2.17. The number of fused-ring (bicyclic) bond motifs is 1. The number of benzene rings is 2. The summed E-state index contributed by atoms with van der Waals surface area (Å²) < 4.78 is 6.38. The highest BCUT2D eigenvalue weighted by Crippen LogP contribution is 2.24. The van der Waals surface area contributed by atoms with Gasteiger partial charge in [-0.2, -0.15) is 5.10 Å². The molecule has 0 aliphatic rings. The molecule has 0 spiro atoms. The quantitative estimate of drug-likeness (QED) is 0.515. The van der Waals surface area contributed by atoms with Crippen LogP contribution in [0.3, 0.4) is 0 Å². The van der Waals surface area contributed by atoms with Crippen LogP contribution < -0.4 is 5.73 Å². The third-order valence-electron chi connectivity index (χ3n) is 4.02. The zero-order chi connectivity index (χ0) is 20.9. The van der Waals surface area contributed by atoms with Crippen LogP contribution in [-0.4, -0.2) is 37.3 Å². The van der Waals surface area contributed by atoms with Gasteiger partial charge in [0, 0.05) is 10.9 Å². The Hall–Kier alpha value is -3.68. The minimum atomic E-state index is -0.318. The van der Waals surface area contributed by atoms with Crippen molar-refractivity contribution < 1.29 is 9.53 Å². The van der Waals surface area contributed by atoms with Gasteiger partial charge in [-0.1, -0.05) is 41.6 Å². The number of carbonyl (C=O) groups is 1. The van der Waals surface area contributed by atoms with E-state index in [1.54, 1.807) is 0 Å². The van der Waals surface area contributed by atoms with Crippen LogP contribution in [0.5, 0.6) is 0 Å². The van der Waals surface area contributed by atoms with Gasteiger partial charge < -0.3 is 10.5 Å². The van der Waals surface area contributed by atoms with Gasteiger partial charge >= 0.3 is 0 Å². The number of hydrogen-bond donors (Lipinski definition) is 2. The van der Waals surface area contributed by atoms with Crippen LogP contribution in [0.25, 0.3) is 22.2 Å². The summed E-state index contributed by atoms with van der Waals surface area (Å²) in [6, 6.07) is 16.1. The van der Waals surface area contributed by atoms with E-state index in [0.29, 0.717) is 18.8 Å². The van der Waals surface area contributed by atoms with Gasteiger partial charge in [-0.3, -0.25) is 9.89 Å². The Bertz CT molecular complexity index is 1080. The third-order valence-corrected chi connectivity index (χ3v) is 4.02. The molecule has 0 radical (unpaired) electrons. The molecule has 0 aliphatic heterocycles. The van der Waals surface area contributed by atoms with Crippen LogP contribution in [0.2, 0.25) is 0 Å². The Morgan fingerprint density at radius 2 is 1.93 bits per heavy atom. The average molecular weight is 392 g/mol. The summed E-state index contributed by atoms with van der Waals surface area (Å²) in [6.45, 7) is 6.62. The van der Waals surface area contributed by atoms with E-state index in [2.05, 4.69) is 37.4 Å². The second-order valence-electron chi connectivity index (χ2n) is 7.48. The molecule has 8 heteroatoms. The molecule has 3 N–H and O–H groups in total. The number of aromatic amines is 1. The van der Waals surface area contributed by atoms with Gasteiger partial charge in [0.1, 0.15) is 11.3 Å². The number of aromatic nitrogens is 5. The summed E-state index contributed by atoms with van der Waals surface area (Å²) >= 11 is 0. The van der Waals surface area contributed by atoms with Crippen molar-refractivity contribution in [2.45, 2.75) is 32.9 Å². The summed E-state index contributed by atoms with van der Waals surface area (Å²) in [5.74, 6) is 0.494. The Labute approximate surface area is 168 Å². The molecule has 4 aromatic rings. The molecule has 0 amide bonds. The van der Waals surface area contributed by atoms with Crippen LogP contribution in [-0.2, 0) is 16.1 Å². The lowest BCUT2D eigenvalue weighted by atomic mass is 10.1. The van der Waals surface area contributed by atoms with Crippen LogP contribution in [0.4, 0.5) is 5.82 Å². The molecule has 0 saturated heterocycles. The molecule has 29 heavy (non-hydrogen) atoms. The fourth-order valence-electron chi connectivity index (χ4n) is 2.62. The minimum Gasteiger partial charge on any atom is -0.462 e. The Morgan fingerprint density at radius 3 is 2.59 bits per heavy atom. The lowest BCUT2D eigenvalue weighted by molar-refractivity contribution is -0.138. The number of nitrogen functional groups attached to an aromatic ring is 1. The van der Waals surface area contributed by atoms with Crippen molar-refractivity contribution in [2.24, 2.45) is 0 Å². The predicted octanol–water partition coefficient (Wildman–Crippen LogP) is 3.41. The molecule has 0 aliphatic carbocycles. The molecule has 2 aromatic carbocycles. The molecule has 2 aromatic heterocycles. The smallest absolute Gasteiger partial charge is 0.293 e. The summed E-state index contributed by atoms with van der Waals surface area (Å²) in [7, 11) is 0. The van der Waals surface area contributed by atoms with E-state index < -0.39 is 0 Å². The number of nitrogens with zero attached hydrogens (tertiary/aromatic N) is 4. The zero-order valence-electron chi connectivity index (χ0n) is 16.7. The van der Waals surface area contributed by atoms with Gasteiger partial charge in [0.25, 0.3) is 6.47 Å². The summed E-state index contributed by atoms with van der Waals surface area (Å²) in [4.78, 5) is 9.60. The van der Waals surface area contributed by atoms with E-state index in [0.717, 1.165) is 22.2 Å². The molecule has 0 unspecified atom stereocenters. The standard InChI is InChI=1S/C16H14N6.C5H10O2/c17-16-13-8-12(6-7-14(13)18-20-16)15-10-22(21-19-15)9-11-4-2-1-3-5-11;1-5(2,3)7-4-6/h1-8,10H,9H2,(H3,17,18,20);4H,1-3H3. The first-order chi connectivity index (χ1) is 13.9. The van der Waals surface area contributed by atoms with Crippen LogP contribution >= 0.6 is 0 Å². The van der Waals surface area contributed by atoms with Gasteiger partial charge in [-0.05, 0) is 38.5 Å². The van der Waals surface area contributed by atoms with Gasteiger partial charge in [0.15, 0.2) is 5.82 Å². The molecule has 8 nitrogen and oxygen atoms in total. The van der Waals surface area contributed by atoms with Crippen LogP contribution in [0.15, 0.2) is 54.7 Å². The van der Waals surface area contributed by atoms with Crippen molar-refractivity contribution in [3.05, 3.63) is 60.3 Å². The molecule has 2 heterocycles. The zero-order valence-corrected chi connectivity index (χ0v) is 16.7. The number of hydrogen-bond acceptors (Lipinski definition) is 6. The van der Waals surface area contributed by atoms with Crippen molar-refractivity contribution in [2.75, 3.05) is 5.73 Å². The Balaban J connectivity index is 0.000000298. The maximum absolute atomic E-state index is 9.60. The van der Waals surface area contributed by atoms with E-state index in [4.69, 9.17) is 5.73 Å². The highest BCUT2D eigenvalue weighted by Gasteiger charge is 2.08. The first-order valence-corrected chi connectivity index (χ1v) is 9.15. The first-order valence-electron chi connectivity index (χ1n) is 9.15. The summed E-state index contributed by atoms with van der Waals surface area (Å²) in [5, 5.41) is 16.2. The fourth-order valence-corrected chi connectivity index (χ4v) is 2.62. The highest BCUT2D eigenvalue weighted by atomic mass is 16.5. The molecule has 0 atom stereocenters. The molecule has 150 valence electrons. The molecule has 0 fully saturated rings. The minimum absolute atomic E-state index is 0.318. The van der Waals surface area contributed by atoms with Gasteiger partial charge in [0.2, 0.25) is 0 Å². The van der Waals surface area contributed by atoms with E-state index in [9.17, 15) is 4.79 Å². The number of rotatable bonds is 4. The fraction of sp³-hybridized carbons (Fsp3) is 0.238. The number of anilines is 1. The lowest BCUT2D eigenvalue weighted by Gasteiger charge is -2.14. The topological polar surface area (TPSA) is 112 Å². The first kappa shape index (κ1) is 20.1. The molecular weight excluding hydrogens is 368 g/mol. The molecule has 4 rings (SSSR count). The van der Waals surface area contributed by atoms with E-state index >= 15 is 0 Å². The number of carbonyl (C=O) groups excluding carboxylic acids is 1. The predicted molar refractivity (Wildman–Crippen MR) is 112 cm³/mol. The molecular formula is C21H24N6O2. The maximum Gasteiger partial charge on any atom is 0.293 e. The summed E-state index contributed by atoms with van der Waals surface area (Å²) in [5.41, 5.74) is 9.42. The van der Waals surface area contributed by atoms with Gasteiger partial charge in [0.05, 0.1) is 18.3 Å². The average Bonchev–Trinajstić information content (AvgIpc) is 3.29. The maximum atomic E-state index is 9.60. The highest BCUT2D eigenvalue weighted by molar-refractivity contribution is 5.91. The van der Waals surface area contributed by atoms with Crippen molar-refractivity contribution in [3.8, 4) is 11.3 Å². The van der Waals surface area contributed by atoms with Crippen LogP contribution in [0, 0.1) is 0 Å². The molecule has 0 bridgehead atoms. The monoisotopic (exact) mass is 392 g/mol. The summed E-state index contributed by atoms with van der Waals surface area (Å²) in [6.07, 6.45) is 1.93. The number of nitrogens with one attached hydrogen (secondary N) is 1. The Morgan fingerprint density at radius 1 is 1.17 bits per heavy atom. The SMILES string of the molecule is CC(C)(C)OC=O.Nc1n[nH]c2ccc(-c3cn(Cc4ccccc4)nn3)cc12. The van der Waals surface area contributed by atoms with Crippen molar-refractivity contribution in [3.63, 3.8) is 0 Å². The normalized spacial score (nSPS) is 11.0.